The maximum absolute atomic E-state index is 5.82. The maximum atomic E-state index is 5.82. The summed E-state index contributed by atoms with van der Waals surface area (Å²) in [4.78, 5) is 0. The maximum Gasteiger partial charge on any atom is 0.0713 e. The molecule has 3 aliphatic rings. The SMILES string of the molecule is C=C/C=C(\C=C/c1ccc(C2(c3ccccc3)c3ccccc3-c3ccccc32)cc1)c1ccc2sc3ccccc3c2c1.CC.Nc1ccc(C2=CC=C(n3c4c(c5ccccc53)CCC=C4)CC2)cc1. The molecule has 10 aromatic rings. The Bertz CT molecular complexity index is 3730. The van der Waals surface area contributed by atoms with Crippen LogP contribution < -0.4 is 5.73 Å². The Balaban J connectivity index is 0.000000170. The average Bonchev–Trinajstić information content (AvgIpc) is 4.10. The molecule has 0 saturated heterocycles. The molecule has 0 saturated carbocycles. The molecule has 2 N–H and O–H groups in total. The number of benzene rings is 8. The smallest absolute Gasteiger partial charge is 0.0713 e. The summed E-state index contributed by atoms with van der Waals surface area (Å²) >= 11 is 1.85. The predicted molar refractivity (Wildman–Crippen MR) is 313 cm³/mol. The van der Waals surface area contributed by atoms with E-state index in [0.717, 1.165) is 42.5 Å². The van der Waals surface area contributed by atoms with Gasteiger partial charge in [-0.25, -0.2) is 0 Å². The quantitative estimate of drug-likeness (QED) is 0.119. The van der Waals surface area contributed by atoms with Crippen LogP contribution in [0.5, 0.6) is 0 Å². The van der Waals surface area contributed by atoms with Gasteiger partial charge in [-0.3, -0.25) is 0 Å². The Morgan fingerprint density at radius 1 is 0.611 bits per heavy atom. The van der Waals surface area contributed by atoms with Gasteiger partial charge in [0.1, 0.15) is 0 Å². The van der Waals surface area contributed by atoms with Crippen molar-refractivity contribution >= 4 is 77.1 Å². The fourth-order valence-electron chi connectivity index (χ4n) is 11.3. The number of aryl methyl sites for hydroxylation is 1. The number of thiophene rings is 1. The Labute approximate surface area is 428 Å². The van der Waals surface area contributed by atoms with E-state index < -0.39 is 0 Å². The van der Waals surface area contributed by atoms with E-state index in [-0.39, 0.29) is 5.41 Å². The summed E-state index contributed by atoms with van der Waals surface area (Å²) in [5.41, 5.74) is 25.8. The lowest BCUT2D eigenvalue weighted by Crippen LogP contribution is -2.28. The topological polar surface area (TPSA) is 30.9 Å². The van der Waals surface area contributed by atoms with Crippen LogP contribution in [0.1, 0.15) is 83.3 Å². The first-order valence-electron chi connectivity index (χ1n) is 25.4. The van der Waals surface area contributed by atoms with Gasteiger partial charge in [-0.1, -0.05) is 215 Å². The predicted octanol–water partition coefficient (Wildman–Crippen LogP) is 18.6. The van der Waals surface area contributed by atoms with E-state index in [0.29, 0.717) is 0 Å². The number of allylic oxidation sites excluding steroid dienone is 9. The van der Waals surface area contributed by atoms with Gasteiger partial charge in [0.15, 0.2) is 0 Å². The summed E-state index contributed by atoms with van der Waals surface area (Å²) in [6.45, 7) is 8.00. The molecule has 0 unspecified atom stereocenters. The molecule has 3 aliphatic carbocycles. The monoisotopic (exact) mass is 946 g/mol. The van der Waals surface area contributed by atoms with E-state index in [1.54, 1.807) is 0 Å². The lowest BCUT2D eigenvalue weighted by atomic mass is 9.67. The molecular weight excluding hydrogens is 889 g/mol. The van der Waals surface area contributed by atoms with E-state index >= 15 is 0 Å². The molecule has 2 nitrogen and oxygen atoms in total. The molecule has 2 aromatic heterocycles. The first-order chi connectivity index (χ1) is 35.6. The van der Waals surface area contributed by atoms with Gasteiger partial charge >= 0.3 is 0 Å². The van der Waals surface area contributed by atoms with Crippen LogP contribution in [0.25, 0.3) is 71.2 Å². The number of anilines is 1. The highest BCUT2D eigenvalue weighted by Gasteiger charge is 2.45. The van der Waals surface area contributed by atoms with Crippen LogP contribution in [0.3, 0.4) is 0 Å². The molecule has 3 heteroatoms. The minimum atomic E-state index is -0.372. The molecule has 13 rings (SSSR count). The molecule has 0 fully saturated rings. The number of para-hydroxylation sites is 1. The number of nitrogen functional groups attached to an aromatic ring is 1. The number of nitrogens with zero attached hydrogens (tertiary/aromatic N) is 1. The van der Waals surface area contributed by atoms with Crippen molar-refractivity contribution in [1.29, 1.82) is 0 Å². The second-order valence-electron chi connectivity index (χ2n) is 18.5. The van der Waals surface area contributed by atoms with Crippen molar-refractivity contribution in [2.24, 2.45) is 0 Å². The van der Waals surface area contributed by atoms with Crippen molar-refractivity contribution in [3.63, 3.8) is 0 Å². The van der Waals surface area contributed by atoms with Gasteiger partial charge < -0.3 is 10.3 Å². The normalized spacial score (nSPS) is 14.4. The second-order valence-corrected chi connectivity index (χ2v) is 19.5. The molecule has 350 valence electrons. The lowest BCUT2D eigenvalue weighted by Gasteiger charge is -2.33. The molecule has 0 bridgehead atoms. The third kappa shape index (κ3) is 8.30. The summed E-state index contributed by atoms with van der Waals surface area (Å²) in [5.74, 6) is 0. The van der Waals surface area contributed by atoms with Gasteiger partial charge in [0, 0.05) is 42.6 Å². The number of aromatic nitrogens is 1. The minimum absolute atomic E-state index is 0.372. The van der Waals surface area contributed by atoms with E-state index in [4.69, 9.17) is 5.73 Å². The Hall–Kier alpha value is -8.24. The number of rotatable bonds is 8. The molecule has 8 aromatic carbocycles. The summed E-state index contributed by atoms with van der Waals surface area (Å²) in [7, 11) is 0. The number of hydrogen-bond donors (Lipinski definition) is 1. The second kappa shape index (κ2) is 20.2. The molecule has 2 heterocycles. The van der Waals surface area contributed by atoms with Crippen LogP contribution in [0.15, 0.2) is 237 Å². The number of fused-ring (bicyclic) bond motifs is 9. The fraction of sp³-hybridized carbons (Fsp3) is 0.101. The van der Waals surface area contributed by atoms with E-state index in [9.17, 15) is 0 Å². The standard InChI is InChI=1S/C43H30S.C24H22N2.C2H6/c1-2-12-31(32-25-28-42-38(29-32)37-17-8-11-20-41(37)44-42)24-21-30-22-26-34(27-23-30)43(33-13-4-3-5-14-33)39-18-9-6-15-35(39)36-16-7-10-19-40(36)43;25-19-13-9-17(10-14-19)18-11-15-20(16-12-18)26-23-7-3-1-5-21(23)22-6-2-4-8-24(22)26;1-2/h2-29H,1H2;1,3-5,7-11,13-15H,2,6,12,16,25H2;1-2H3/b24-21-,31-12+;;. The highest BCUT2D eigenvalue weighted by Crippen LogP contribution is 2.56. The highest BCUT2D eigenvalue weighted by molar-refractivity contribution is 7.25. The van der Waals surface area contributed by atoms with Crippen LogP contribution in [-0.2, 0) is 11.8 Å². The first-order valence-corrected chi connectivity index (χ1v) is 26.2. The molecular formula is C69H58N2S. The van der Waals surface area contributed by atoms with E-state index in [1.165, 1.54) is 98.1 Å². The van der Waals surface area contributed by atoms with Crippen molar-refractivity contribution in [2.45, 2.75) is 44.9 Å². The molecule has 0 atom stereocenters. The van der Waals surface area contributed by atoms with Crippen molar-refractivity contribution in [3.05, 3.63) is 287 Å². The molecule has 0 radical (unpaired) electrons. The van der Waals surface area contributed by atoms with Crippen molar-refractivity contribution in [3.8, 4) is 11.1 Å². The van der Waals surface area contributed by atoms with Gasteiger partial charge in [0.2, 0.25) is 0 Å². The first kappa shape index (κ1) is 46.2. The van der Waals surface area contributed by atoms with Crippen LogP contribution in [0.2, 0.25) is 0 Å². The molecule has 0 amide bonds. The van der Waals surface area contributed by atoms with Crippen molar-refractivity contribution < 1.29 is 0 Å². The molecule has 0 aliphatic heterocycles. The van der Waals surface area contributed by atoms with Crippen LogP contribution in [0, 0.1) is 0 Å². The Morgan fingerprint density at radius 3 is 1.99 bits per heavy atom. The van der Waals surface area contributed by atoms with Gasteiger partial charge in [0.05, 0.1) is 10.9 Å². The largest absolute Gasteiger partial charge is 0.399 e. The van der Waals surface area contributed by atoms with Crippen molar-refractivity contribution in [1.82, 2.24) is 4.57 Å². The summed E-state index contributed by atoms with van der Waals surface area (Å²) in [6, 6.07) is 70.3. The third-order valence-corrected chi connectivity index (χ3v) is 15.7. The Kier molecular flexibility index (Phi) is 13.0. The molecule has 72 heavy (non-hydrogen) atoms. The van der Waals surface area contributed by atoms with Crippen LogP contribution >= 0.6 is 11.3 Å². The zero-order valence-corrected chi connectivity index (χ0v) is 41.9. The molecule has 0 spiro atoms. The summed E-state index contributed by atoms with van der Waals surface area (Å²) in [6.07, 6.45) is 21.9. The van der Waals surface area contributed by atoms with Crippen molar-refractivity contribution in [2.75, 3.05) is 5.73 Å². The summed E-state index contributed by atoms with van der Waals surface area (Å²) < 4.78 is 5.11. The fourth-order valence-corrected chi connectivity index (χ4v) is 12.4. The zero-order valence-electron chi connectivity index (χ0n) is 41.1. The van der Waals surface area contributed by atoms with E-state index in [1.807, 2.05) is 43.4 Å². The van der Waals surface area contributed by atoms with Gasteiger partial charge in [-0.15, -0.1) is 11.3 Å². The van der Waals surface area contributed by atoms with Gasteiger partial charge in [0.25, 0.3) is 0 Å². The van der Waals surface area contributed by atoms with Gasteiger partial charge in [-0.2, -0.15) is 0 Å². The van der Waals surface area contributed by atoms with Crippen LogP contribution in [-0.4, -0.2) is 4.57 Å². The zero-order chi connectivity index (χ0) is 49.0. The van der Waals surface area contributed by atoms with E-state index in [2.05, 4.69) is 236 Å². The third-order valence-electron chi connectivity index (χ3n) is 14.5. The Morgan fingerprint density at radius 2 is 1.26 bits per heavy atom. The number of nitrogens with two attached hydrogens (primary N) is 1. The van der Waals surface area contributed by atoms with Crippen LogP contribution in [0.4, 0.5) is 5.69 Å². The average molecular weight is 947 g/mol. The number of hydrogen-bond acceptors (Lipinski definition) is 2. The minimum Gasteiger partial charge on any atom is -0.399 e. The summed E-state index contributed by atoms with van der Waals surface area (Å²) in [5, 5.41) is 4.02. The lowest BCUT2D eigenvalue weighted by molar-refractivity contribution is 0.768. The van der Waals surface area contributed by atoms with Gasteiger partial charge in [-0.05, 0) is 141 Å². The highest BCUT2D eigenvalue weighted by atomic mass is 32.1.